The van der Waals surface area contributed by atoms with E-state index in [1.165, 1.54) is 5.56 Å². The predicted octanol–water partition coefficient (Wildman–Crippen LogP) is 0.880. The molecule has 0 amide bonds. The van der Waals surface area contributed by atoms with Crippen LogP contribution in [-0.4, -0.2) is 28.2 Å². The predicted molar refractivity (Wildman–Crippen MR) is 59.9 cm³/mol. The summed E-state index contributed by atoms with van der Waals surface area (Å²) in [5.74, 6) is 0.891. The molecule has 0 saturated heterocycles. The number of fused-ring (bicyclic) bond motifs is 1. The van der Waals surface area contributed by atoms with E-state index in [1.54, 1.807) is 6.33 Å². The van der Waals surface area contributed by atoms with Crippen LogP contribution >= 0.6 is 0 Å². The van der Waals surface area contributed by atoms with Crippen LogP contribution < -0.4 is 10.6 Å². The molecule has 2 aromatic rings. The van der Waals surface area contributed by atoms with Crippen molar-refractivity contribution < 1.29 is 0 Å². The van der Waals surface area contributed by atoms with E-state index in [9.17, 15) is 0 Å². The van der Waals surface area contributed by atoms with E-state index in [-0.39, 0.29) is 0 Å². The fraction of sp³-hybridized carbons (Fsp3) is 0.400. The third-order valence-corrected chi connectivity index (χ3v) is 2.25. The minimum absolute atomic E-state index is 0.822. The summed E-state index contributed by atoms with van der Waals surface area (Å²) in [4.78, 5) is 4.24. The summed E-state index contributed by atoms with van der Waals surface area (Å²) in [7, 11) is 1.93. The molecule has 5 heteroatoms. The highest BCUT2D eigenvalue weighted by atomic mass is 15.2. The van der Waals surface area contributed by atoms with Gasteiger partial charge in [-0.15, -0.1) is 0 Å². The molecular formula is C10H15N5. The molecule has 0 aromatic carbocycles. The molecule has 0 aliphatic carbocycles. The van der Waals surface area contributed by atoms with Gasteiger partial charge in [0.05, 0.1) is 0 Å². The number of hydrogen-bond acceptors (Lipinski definition) is 4. The summed E-state index contributed by atoms with van der Waals surface area (Å²) < 4.78 is 1.84. The van der Waals surface area contributed by atoms with Gasteiger partial charge in [0.1, 0.15) is 11.8 Å². The molecule has 80 valence electrons. The summed E-state index contributed by atoms with van der Waals surface area (Å²) in [5.41, 5.74) is 2.25. The summed E-state index contributed by atoms with van der Waals surface area (Å²) in [6, 6.07) is 2.06. The van der Waals surface area contributed by atoms with Crippen LogP contribution in [0.25, 0.3) is 5.52 Å². The van der Waals surface area contributed by atoms with Crippen LogP contribution in [0.5, 0.6) is 0 Å². The van der Waals surface area contributed by atoms with E-state index >= 15 is 0 Å². The molecule has 15 heavy (non-hydrogen) atoms. The Kier molecular flexibility index (Phi) is 2.82. The van der Waals surface area contributed by atoms with Gasteiger partial charge in [-0.2, -0.15) is 5.10 Å². The Morgan fingerprint density at radius 2 is 2.33 bits per heavy atom. The smallest absolute Gasteiger partial charge is 0.154 e. The first kappa shape index (κ1) is 9.92. The maximum Gasteiger partial charge on any atom is 0.154 e. The highest BCUT2D eigenvalue weighted by Gasteiger charge is 2.07. The topological polar surface area (TPSA) is 54.2 Å². The summed E-state index contributed by atoms with van der Waals surface area (Å²) in [6.07, 6.45) is 3.51. The standard InChI is InChI=1S/C10H15N5/c1-3-12-10-9-8(6-11-2)4-5-15(9)14-7-13-10/h4-5,7,11H,3,6H2,1-2H3,(H,12,13,14). The molecule has 2 N–H and O–H groups in total. The van der Waals surface area contributed by atoms with Gasteiger partial charge in [0.2, 0.25) is 0 Å². The maximum absolute atomic E-state index is 4.24. The van der Waals surface area contributed by atoms with Crippen LogP contribution in [-0.2, 0) is 6.54 Å². The Balaban J connectivity index is 2.53. The van der Waals surface area contributed by atoms with Gasteiger partial charge in [-0.25, -0.2) is 9.50 Å². The molecule has 0 atom stereocenters. The number of anilines is 1. The lowest BCUT2D eigenvalue weighted by molar-refractivity contribution is 0.819. The van der Waals surface area contributed by atoms with Gasteiger partial charge < -0.3 is 10.6 Å². The van der Waals surface area contributed by atoms with Gasteiger partial charge in [-0.3, -0.25) is 0 Å². The molecule has 2 aromatic heterocycles. The highest BCUT2D eigenvalue weighted by molar-refractivity contribution is 5.71. The fourth-order valence-corrected chi connectivity index (χ4v) is 1.65. The molecule has 0 fully saturated rings. The molecule has 2 rings (SSSR count). The van der Waals surface area contributed by atoms with E-state index in [4.69, 9.17) is 0 Å². The molecule has 0 spiro atoms. The first-order chi connectivity index (χ1) is 7.36. The number of rotatable bonds is 4. The number of aromatic nitrogens is 3. The SMILES string of the molecule is CCNc1ncnn2ccc(CNC)c12. The van der Waals surface area contributed by atoms with E-state index in [2.05, 4.69) is 33.7 Å². The van der Waals surface area contributed by atoms with Gasteiger partial charge in [0, 0.05) is 19.3 Å². The molecule has 2 heterocycles. The molecule has 5 nitrogen and oxygen atoms in total. The van der Waals surface area contributed by atoms with Gasteiger partial charge in [0.25, 0.3) is 0 Å². The van der Waals surface area contributed by atoms with Crippen LogP contribution in [0, 0.1) is 0 Å². The largest absolute Gasteiger partial charge is 0.368 e. The maximum atomic E-state index is 4.24. The lowest BCUT2D eigenvalue weighted by Crippen LogP contribution is -2.08. The van der Waals surface area contributed by atoms with E-state index in [0.717, 1.165) is 24.4 Å². The van der Waals surface area contributed by atoms with E-state index < -0.39 is 0 Å². The van der Waals surface area contributed by atoms with Gasteiger partial charge in [0.15, 0.2) is 5.82 Å². The number of nitrogens with zero attached hydrogens (tertiary/aromatic N) is 3. The minimum Gasteiger partial charge on any atom is -0.368 e. The Hall–Kier alpha value is -1.62. The second-order valence-corrected chi connectivity index (χ2v) is 3.30. The zero-order valence-electron chi connectivity index (χ0n) is 8.99. The molecule has 0 bridgehead atoms. The van der Waals surface area contributed by atoms with Crippen molar-refractivity contribution in [3.05, 3.63) is 24.2 Å². The van der Waals surface area contributed by atoms with Crippen molar-refractivity contribution in [2.75, 3.05) is 18.9 Å². The van der Waals surface area contributed by atoms with E-state index in [0.29, 0.717) is 0 Å². The van der Waals surface area contributed by atoms with Crippen molar-refractivity contribution >= 4 is 11.3 Å². The third kappa shape index (κ3) is 1.78. The number of nitrogens with one attached hydrogen (secondary N) is 2. The zero-order chi connectivity index (χ0) is 10.7. The summed E-state index contributed by atoms with van der Waals surface area (Å²) >= 11 is 0. The Morgan fingerprint density at radius 1 is 1.47 bits per heavy atom. The summed E-state index contributed by atoms with van der Waals surface area (Å²) in [6.45, 7) is 3.73. The minimum atomic E-state index is 0.822. The zero-order valence-corrected chi connectivity index (χ0v) is 8.99. The second-order valence-electron chi connectivity index (χ2n) is 3.30. The Labute approximate surface area is 88.5 Å². The van der Waals surface area contributed by atoms with Crippen LogP contribution in [0.1, 0.15) is 12.5 Å². The van der Waals surface area contributed by atoms with Crippen LogP contribution in [0.2, 0.25) is 0 Å². The molecule has 0 unspecified atom stereocenters. The number of hydrogen-bond donors (Lipinski definition) is 2. The monoisotopic (exact) mass is 205 g/mol. The highest BCUT2D eigenvalue weighted by Crippen LogP contribution is 2.18. The van der Waals surface area contributed by atoms with Gasteiger partial charge in [-0.05, 0) is 25.6 Å². The van der Waals surface area contributed by atoms with Crippen molar-refractivity contribution in [3.8, 4) is 0 Å². The van der Waals surface area contributed by atoms with Crippen molar-refractivity contribution in [1.29, 1.82) is 0 Å². The van der Waals surface area contributed by atoms with Crippen molar-refractivity contribution in [2.24, 2.45) is 0 Å². The van der Waals surface area contributed by atoms with Gasteiger partial charge in [-0.1, -0.05) is 0 Å². The molecular weight excluding hydrogens is 190 g/mol. The van der Waals surface area contributed by atoms with Crippen molar-refractivity contribution in [2.45, 2.75) is 13.5 Å². The molecule has 0 radical (unpaired) electrons. The van der Waals surface area contributed by atoms with E-state index in [1.807, 2.05) is 17.8 Å². The quantitative estimate of drug-likeness (QED) is 0.778. The van der Waals surface area contributed by atoms with Crippen molar-refractivity contribution in [1.82, 2.24) is 19.9 Å². The van der Waals surface area contributed by atoms with Crippen LogP contribution in [0.4, 0.5) is 5.82 Å². The van der Waals surface area contributed by atoms with Crippen LogP contribution in [0.3, 0.4) is 0 Å². The average molecular weight is 205 g/mol. The van der Waals surface area contributed by atoms with Gasteiger partial charge >= 0.3 is 0 Å². The lowest BCUT2D eigenvalue weighted by Gasteiger charge is -2.06. The summed E-state index contributed by atoms with van der Waals surface area (Å²) in [5, 5.41) is 10.5. The molecule has 0 aliphatic rings. The lowest BCUT2D eigenvalue weighted by atomic mass is 10.2. The van der Waals surface area contributed by atoms with Crippen LogP contribution in [0.15, 0.2) is 18.6 Å². The fourth-order valence-electron chi connectivity index (χ4n) is 1.65. The molecule has 0 aliphatic heterocycles. The normalized spacial score (nSPS) is 10.8. The molecule has 0 saturated carbocycles. The first-order valence-electron chi connectivity index (χ1n) is 5.06. The Morgan fingerprint density at radius 3 is 3.07 bits per heavy atom. The second kappa shape index (κ2) is 4.27. The third-order valence-electron chi connectivity index (χ3n) is 2.25. The Bertz CT molecular complexity index is 448. The average Bonchev–Trinajstić information content (AvgIpc) is 2.64. The van der Waals surface area contributed by atoms with Crippen molar-refractivity contribution in [3.63, 3.8) is 0 Å². The first-order valence-corrected chi connectivity index (χ1v) is 5.06.